The number of aromatic nitrogens is 3. The van der Waals surface area contributed by atoms with Crippen molar-refractivity contribution >= 4 is 0 Å². The maximum Gasteiger partial charge on any atom is 0.0964 e. The molecular weight excluding hydrogens is 224 g/mol. The average molecular weight is 244 g/mol. The lowest BCUT2D eigenvalue weighted by Crippen LogP contribution is -2.13. The van der Waals surface area contributed by atoms with Crippen LogP contribution in [0.2, 0.25) is 0 Å². The molecule has 18 heavy (non-hydrogen) atoms. The van der Waals surface area contributed by atoms with E-state index in [1.165, 1.54) is 11.1 Å². The monoisotopic (exact) mass is 244 g/mol. The molecule has 1 aromatic heterocycles. The first-order valence-corrected chi connectivity index (χ1v) is 6.43. The number of benzene rings is 1. The van der Waals surface area contributed by atoms with Crippen LogP contribution in [0.4, 0.5) is 0 Å². The average Bonchev–Trinajstić information content (AvgIpc) is 2.80. The molecule has 0 fully saturated rings. The maximum atomic E-state index is 4.15. The largest absolute Gasteiger partial charge is 0.311 e. The van der Waals surface area contributed by atoms with E-state index >= 15 is 0 Å². The number of nitrogens with one attached hydrogen (secondary N) is 1. The highest BCUT2D eigenvalue weighted by Gasteiger charge is 2.01. The summed E-state index contributed by atoms with van der Waals surface area (Å²) in [7, 11) is 0. The van der Waals surface area contributed by atoms with Gasteiger partial charge >= 0.3 is 0 Å². The number of nitrogens with zero attached hydrogens (tertiary/aromatic N) is 3. The van der Waals surface area contributed by atoms with E-state index in [1.807, 2.05) is 10.9 Å². The van der Waals surface area contributed by atoms with Crippen molar-refractivity contribution in [2.75, 3.05) is 6.54 Å². The van der Waals surface area contributed by atoms with E-state index in [2.05, 4.69) is 53.7 Å². The quantitative estimate of drug-likeness (QED) is 0.792. The summed E-state index contributed by atoms with van der Waals surface area (Å²) in [4.78, 5) is 0. The van der Waals surface area contributed by atoms with Crippen LogP contribution in [0.3, 0.4) is 0 Å². The van der Waals surface area contributed by atoms with Gasteiger partial charge in [0.25, 0.3) is 0 Å². The highest BCUT2D eigenvalue weighted by atomic mass is 15.4. The first kappa shape index (κ1) is 12.8. The molecule has 0 spiro atoms. The molecule has 1 heterocycles. The molecular formula is C14H20N4. The molecule has 1 aromatic carbocycles. The lowest BCUT2D eigenvalue weighted by molar-refractivity contribution is 0.645. The van der Waals surface area contributed by atoms with E-state index in [9.17, 15) is 0 Å². The fraction of sp³-hybridized carbons (Fsp3) is 0.429. The molecule has 0 radical (unpaired) electrons. The lowest BCUT2D eigenvalue weighted by atomic mass is 10.1. The predicted octanol–water partition coefficient (Wildman–Crippen LogP) is 2.13. The van der Waals surface area contributed by atoms with E-state index in [4.69, 9.17) is 0 Å². The summed E-state index contributed by atoms with van der Waals surface area (Å²) in [6.45, 7) is 6.84. The van der Waals surface area contributed by atoms with Gasteiger partial charge in [-0.05, 0) is 25.5 Å². The first-order valence-electron chi connectivity index (χ1n) is 6.43. The summed E-state index contributed by atoms with van der Waals surface area (Å²) in [6.07, 6.45) is 3.14. The van der Waals surface area contributed by atoms with Crippen molar-refractivity contribution in [2.45, 2.75) is 33.4 Å². The van der Waals surface area contributed by atoms with Crippen molar-refractivity contribution in [1.29, 1.82) is 0 Å². The minimum absolute atomic E-state index is 0.779. The molecule has 0 saturated heterocycles. The summed E-state index contributed by atoms with van der Waals surface area (Å²) in [5.74, 6) is 0. The predicted molar refractivity (Wildman–Crippen MR) is 72.3 cm³/mol. The summed E-state index contributed by atoms with van der Waals surface area (Å²) in [5, 5.41) is 11.6. The number of aryl methyl sites for hydroxylation is 1. The van der Waals surface area contributed by atoms with Crippen LogP contribution < -0.4 is 5.32 Å². The first-order chi connectivity index (χ1) is 8.78. The van der Waals surface area contributed by atoms with Gasteiger partial charge in [-0.25, -0.2) is 4.68 Å². The minimum atomic E-state index is 0.779. The third-order valence-electron chi connectivity index (χ3n) is 2.78. The Hall–Kier alpha value is -1.68. The standard InChI is InChI=1S/C14H20N4/c1-3-8-15-9-14-11-18(17-16-14)10-13-6-4-12(2)5-7-13/h4-7,11,15H,3,8-10H2,1-2H3. The van der Waals surface area contributed by atoms with Gasteiger partial charge in [0, 0.05) is 6.54 Å². The molecule has 96 valence electrons. The zero-order valence-corrected chi connectivity index (χ0v) is 11.1. The van der Waals surface area contributed by atoms with Gasteiger partial charge < -0.3 is 5.32 Å². The summed E-state index contributed by atoms with van der Waals surface area (Å²) < 4.78 is 1.88. The third-order valence-corrected chi connectivity index (χ3v) is 2.78. The fourth-order valence-corrected chi connectivity index (χ4v) is 1.77. The Kier molecular flexibility index (Phi) is 4.47. The van der Waals surface area contributed by atoms with Crippen molar-refractivity contribution in [3.8, 4) is 0 Å². The van der Waals surface area contributed by atoms with Crippen molar-refractivity contribution in [1.82, 2.24) is 20.3 Å². The molecule has 4 nitrogen and oxygen atoms in total. The van der Waals surface area contributed by atoms with Gasteiger partial charge in [0.2, 0.25) is 0 Å². The second kappa shape index (κ2) is 6.31. The molecule has 2 rings (SSSR count). The van der Waals surface area contributed by atoms with E-state index < -0.39 is 0 Å². The number of hydrogen-bond acceptors (Lipinski definition) is 3. The highest BCUT2D eigenvalue weighted by molar-refractivity contribution is 5.21. The molecule has 0 atom stereocenters. The Labute approximate surface area is 108 Å². The Bertz CT molecular complexity index is 473. The van der Waals surface area contributed by atoms with Crippen LogP contribution in [0, 0.1) is 6.92 Å². The lowest BCUT2D eigenvalue weighted by Gasteiger charge is -2.01. The molecule has 0 saturated carbocycles. The van der Waals surface area contributed by atoms with Crippen LogP contribution in [0.25, 0.3) is 0 Å². The SMILES string of the molecule is CCCNCc1cn(Cc2ccc(C)cc2)nn1. The van der Waals surface area contributed by atoms with Crippen LogP contribution in [0.15, 0.2) is 30.5 Å². The van der Waals surface area contributed by atoms with Gasteiger partial charge in [0.05, 0.1) is 18.4 Å². The van der Waals surface area contributed by atoms with Crippen LogP contribution in [0.5, 0.6) is 0 Å². The van der Waals surface area contributed by atoms with E-state index in [0.717, 1.165) is 31.7 Å². The van der Waals surface area contributed by atoms with Crippen LogP contribution >= 0.6 is 0 Å². The molecule has 1 N–H and O–H groups in total. The Balaban J connectivity index is 1.91. The van der Waals surface area contributed by atoms with Crippen molar-refractivity contribution in [3.63, 3.8) is 0 Å². The number of rotatable bonds is 6. The fourth-order valence-electron chi connectivity index (χ4n) is 1.77. The molecule has 2 aromatic rings. The molecule has 0 aliphatic carbocycles. The van der Waals surface area contributed by atoms with Crippen LogP contribution in [0.1, 0.15) is 30.2 Å². The van der Waals surface area contributed by atoms with Crippen LogP contribution in [-0.4, -0.2) is 21.5 Å². The van der Waals surface area contributed by atoms with Gasteiger partial charge in [0.1, 0.15) is 0 Å². The summed E-state index contributed by atoms with van der Waals surface area (Å²) >= 11 is 0. The Morgan fingerprint density at radius 1 is 1.22 bits per heavy atom. The van der Waals surface area contributed by atoms with E-state index in [1.54, 1.807) is 0 Å². The van der Waals surface area contributed by atoms with Crippen molar-refractivity contribution in [3.05, 3.63) is 47.3 Å². The molecule has 0 bridgehead atoms. The van der Waals surface area contributed by atoms with Crippen LogP contribution in [-0.2, 0) is 13.1 Å². The second-order valence-corrected chi connectivity index (χ2v) is 4.57. The van der Waals surface area contributed by atoms with E-state index in [-0.39, 0.29) is 0 Å². The summed E-state index contributed by atoms with van der Waals surface area (Å²) in [5.41, 5.74) is 3.52. The van der Waals surface area contributed by atoms with Gasteiger partial charge in [-0.3, -0.25) is 0 Å². The third kappa shape index (κ3) is 3.67. The maximum absolute atomic E-state index is 4.15. The minimum Gasteiger partial charge on any atom is -0.311 e. The zero-order valence-electron chi connectivity index (χ0n) is 11.1. The molecule has 0 aliphatic rings. The van der Waals surface area contributed by atoms with Gasteiger partial charge in [-0.2, -0.15) is 0 Å². The zero-order chi connectivity index (χ0) is 12.8. The smallest absolute Gasteiger partial charge is 0.0964 e. The van der Waals surface area contributed by atoms with E-state index in [0.29, 0.717) is 0 Å². The van der Waals surface area contributed by atoms with Crippen molar-refractivity contribution in [2.24, 2.45) is 0 Å². The Morgan fingerprint density at radius 3 is 2.72 bits per heavy atom. The normalized spacial score (nSPS) is 10.8. The Morgan fingerprint density at radius 2 is 2.00 bits per heavy atom. The summed E-state index contributed by atoms with van der Waals surface area (Å²) in [6, 6.07) is 8.50. The topological polar surface area (TPSA) is 42.7 Å². The number of hydrogen-bond donors (Lipinski definition) is 1. The second-order valence-electron chi connectivity index (χ2n) is 4.57. The molecule has 0 amide bonds. The highest BCUT2D eigenvalue weighted by Crippen LogP contribution is 2.05. The van der Waals surface area contributed by atoms with Gasteiger partial charge in [-0.15, -0.1) is 5.10 Å². The van der Waals surface area contributed by atoms with Gasteiger partial charge in [0.15, 0.2) is 0 Å². The van der Waals surface area contributed by atoms with Crippen molar-refractivity contribution < 1.29 is 0 Å². The molecule has 0 aliphatic heterocycles. The van der Waals surface area contributed by atoms with Gasteiger partial charge in [-0.1, -0.05) is 42.0 Å². The molecule has 4 heteroatoms. The molecule has 0 unspecified atom stereocenters.